The number of rotatable bonds is 2. The Kier molecular flexibility index (Phi) is 5.28. The first-order chi connectivity index (χ1) is 6.68. The van der Waals surface area contributed by atoms with Crippen molar-refractivity contribution in [3.05, 3.63) is 41.6 Å². The summed E-state index contributed by atoms with van der Waals surface area (Å²) in [7, 11) is 0. The highest BCUT2D eigenvalue weighted by molar-refractivity contribution is 9.13. The van der Waals surface area contributed by atoms with Crippen LogP contribution in [0.1, 0.15) is 15.8 Å². The van der Waals surface area contributed by atoms with E-state index in [0.29, 0.717) is 0 Å². The van der Waals surface area contributed by atoms with Crippen molar-refractivity contribution >= 4 is 66.9 Å². The number of thiophene rings is 2. The van der Waals surface area contributed by atoms with Gasteiger partial charge in [0.1, 0.15) is 0 Å². The Bertz CT molecular complexity index is 408. The van der Waals surface area contributed by atoms with E-state index in [1.807, 2.05) is 11.4 Å². The van der Waals surface area contributed by atoms with Crippen molar-refractivity contribution < 1.29 is 0 Å². The third kappa shape index (κ3) is 3.05. The van der Waals surface area contributed by atoms with Gasteiger partial charge in [0.25, 0.3) is 0 Å². The van der Waals surface area contributed by atoms with Gasteiger partial charge in [0.2, 0.25) is 0 Å². The second kappa shape index (κ2) is 5.80. The first-order valence-electron chi connectivity index (χ1n) is 3.92. The average molecular weight is 390 g/mol. The maximum atomic E-state index is 6.12. The Morgan fingerprint density at radius 1 is 1.27 bits per heavy atom. The van der Waals surface area contributed by atoms with Crippen LogP contribution in [0.3, 0.4) is 0 Å². The number of nitrogens with two attached hydrogens (primary N) is 1. The quantitative estimate of drug-likeness (QED) is 0.784. The Balaban J connectivity index is 0.00000112. The summed E-state index contributed by atoms with van der Waals surface area (Å²) < 4.78 is 2.17. The van der Waals surface area contributed by atoms with E-state index in [4.69, 9.17) is 5.73 Å². The van der Waals surface area contributed by atoms with Gasteiger partial charge in [-0.1, -0.05) is 6.07 Å². The van der Waals surface area contributed by atoms with Crippen molar-refractivity contribution in [2.75, 3.05) is 0 Å². The molecule has 15 heavy (non-hydrogen) atoms. The zero-order chi connectivity index (χ0) is 10.1. The third-order valence-electron chi connectivity index (χ3n) is 1.82. The van der Waals surface area contributed by atoms with Gasteiger partial charge < -0.3 is 5.73 Å². The summed E-state index contributed by atoms with van der Waals surface area (Å²) in [6.07, 6.45) is 0. The zero-order valence-electron chi connectivity index (χ0n) is 7.44. The highest BCUT2D eigenvalue weighted by atomic mass is 79.9. The van der Waals surface area contributed by atoms with E-state index in [0.717, 1.165) is 8.26 Å². The molecule has 0 aliphatic carbocycles. The summed E-state index contributed by atoms with van der Waals surface area (Å²) in [4.78, 5) is 2.37. The molecule has 0 bridgehead atoms. The Hall–Kier alpha value is 0.610. The molecule has 0 unspecified atom stereocenters. The van der Waals surface area contributed by atoms with Gasteiger partial charge >= 0.3 is 0 Å². The van der Waals surface area contributed by atoms with Gasteiger partial charge in [-0.25, -0.2) is 0 Å². The molecule has 0 aliphatic rings. The fourth-order valence-corrected chi connectivity index (χ4v) is 4.05. The van der Waals surface area contributed by atoms with E-state index in [2.05, 4.69) is 44.0 Å². The molecule has 2 aromatic rings. The molecule has 0 fully saturated rings. The van der Waals surface area contributed by atoms with Crippen LogP contribution < -0.4 is 5.73 Å². The Labute approximate surface area is 119 Å². The molecule has 2 rings (SSSR count). The standard InChI is InChI=1S/C9H7Br2NS2.ClH/c10-5-4-7(14-9(5)11)8(12)6-2-1-3-13-6;/h1-4,8H,12H2;1H/t8-;/m0./s1. The van der Waals surface area contributed by atoms with Gasteiger partial charge in [0.15, 0.2) is 0 Å². The van der Waals surface area contributed by atoms with Gasteiger partial charge in [0, 0.05) is 14.2 Å². The fraction of sp³-hybridized carbons (Fsp3) is 0.111. The molecule has 0 aliphatic heterocycles. The molecule has 6 heteroatoms. The molecule has 2 aromatic heterocycles. The lowest BCUT2D eigenvalue weighted by Gasteiger charge is -2.05. The summed E-state index contributed by atoms with van der Waals surface area (Å²) in [5.41, 5.74) is 6.12. The number of hydrogen-bond donors (Lipinski definition) is 1. The summed E-state index contributed by atoms with van der Waals surface area (Å²) in [6.45, 7) is 0. The summed E-state index contributed by atoms with van der Waals surface area (Å²) in [6, 6.07) is 6.16. The van der Waals surface area contributed by atoms with Gasteiger partial charge in [-0.15, -0.1) is 35.1 Å². The van der Waals surface area contributed by atoms with E-state index in [1.165, 1.54) is 9.75 Å². The number of halogens is 3. The summed E-state index contributed by atoms with van der Waals surface area (Å²) >= 11 is 10.3. The molecule has 2 heterocycles. The normalized spacial score (nSPS) is 12.2. The monoisotopic (exact) mass is 387 g/mol. The van der Waals surface area contributed by atoms with Crippen molar-refractivity contribution in [3.63, 3.8) is 0 Å². The minimum atomic E-state index is 0. The molecule has 2 N–H and O–H groups in total. The van der Waals surface area contributed by atoms with Gasteiger partial charge in [-0.05, 0) is 49.4 Å². The minimum absolute atomic E-state index is 0. The van der Waals surface area contributed by atoms with Crippen LogP contribution >= 0.6 is 66.9 Å². The highest BCUT2D eigenvalue weighted by Gasteiger charge is 2.14. The van der Waals surface area contributed by atoms with Crippen molar-refractivity contribution in [3.8, 4) is 0 Å². The lowest BCUT2D eigenvalue weighted by atomic mass is 10.2. The molecular formula is C9H8Br2ClNS2. The molecule has 0 radical (unpaired) electrons. The van der Waals surface area contributed by atoms with E-state index in [-0.39, 0.29) is 18.4 Å². The van der Waals surface area contributed by atoms with Crippen LogP contribution in [0.15, 0.2) is 31.8 Å². The van der Waals surface area contributed by atoms with Gasteiger partial charge in [0.05, 0.1) is 9.83 Å². The molecule has 0 aromatic carbocycles. The smallest absolute Gasteiger partial charge is 0.0843 e. The molecule has 82 valence electrons. The SMILES string of the molecule is Cl.N[C@@H](c1cccs1)c1cc(Br)c(Br)s1. The van der Waals surface area contributed by atoms with Crippen LogP contribution in [0.5, 0.6) is 0 Å². The Morgan fingerprint density at radius 2 is 2.00 bits per heavy atom. The van der Waals surface area contributed by atoms with Crippen LogP contribution in [-0.2, 0) is 0 Å². The summed E-state index contributed by atoms with van der Waals surface area (Å²) in [5.74, 6) is 0. The van der Waals surface area contributed by atoms with Crippen LogP contribution in [0.25, 0.3) is 0 Å². The van der Waals surface area contributed by atoms with Gasteiger partial charge in [-0.3, -0.25) is 0 Å². The second-order valence-corrected chi connectivity index (χ2v) is 7.00. The molecular weight excluding hydrogens is 382 g/mol. The molecule has 1 atom stereocenters. The van der Waals surface area contributed by atoms with Crippen molar-refractivity contribution in [2.24, 2.45) is 5.73 Å². The number of hydrogen-bond acceptors (Lipinski definition) is 3. The maximum Gasteiger partial charge on any atom is 0.0843 e. The summed E-state index contributed by atoms with van der Waals surface area (Å²) in [5, 5.41) is 2.05. The van der Waals surface area contributed by atoms with E-state index in [9.17, 15) is 0 Å². The molecule has 0 spiro atoms. The van der Waals surface area contributed by atoms with Crippen molar-refractivity contribution in [1.29, 1.82) is 0 Å². The minimum Gasteiger partial charge on any atom is -0.319 e. The highest BCUT2D eigenvalue weighted by Crippen LogP contribution is 2.37. The second-order valence-electron chi connectivity index (χ2n) is 2.76. The van der Waals surface area contributed by atoms with Crippen molar-refractivity contribution in [1.82, 2.24) is 0 Å². The van der Waals surface area contributed by atoms with Crippen molar-refractivity contribution in [2.45, 2.75) is 6.04 Å². The maximum absolute atomic E-state index is 6.12. The predicted molar refractivity (Wildman–Crippen MR) is 77.3 cm³/mol. The lowest BCUT2D eigenvalue weighted by Crippen LogP contribution is -2.07. The van der Waals surface area contributed by atoms with Crippen LogP contribution in [0.2, 0.25) is 0 Å². The molecule has 1 nitrogen and oxygen atoms in total. The van der Waals surface area contributed by atoms with Crippen LogP contribution in [0, 0.1) is 0 Å². The fourth-order valence-electron chi connectivity index (χ4n) is 1.13. The van der Waals surface area contributed by atoms with Crippen LogP contribution in [-0.4, -0.2) is 0 Å². The average Bonchev–Trinajstić information content (AvgIpc) is 2.76. The Morgan fingerprint density at radius 3 is 2.47 bits per heavy atom. The van der Waals surface area contributed by atoms with E-state index < -0.39 is 0 Å². The van der Waals surface area contributed by atoms with E-state index >= 15 is 0 Å². The predicted octanol–water partition coefficient (Wildman–Crippen LogP) is 4.80. The van der Waals surface area contributed by atoms with Gasteiger partial charge in [-0.2, -0.15) is 0 Å². The van der Waals surface area contributed by atoms with Crippen LogP contribution in [0.4, 0.5) is 0 Å². The van der Waals surface area contributed by atoms with E-state index in [1.54, 1.807) is 22.7 Å². The lowest BCUT2D eigenvalue weighted by molar-refractivity contribution is 0.917. The first-order valence-corrected chi connectivity index (χ1v) is 7.20. The largest absolute Gasteiger partial charge is 0.319 e. The zero-order valence-corrected chi connectivity index (χ0v) is 13.1. The molecule has 0 saturated heterocycles. The first kappa shape index (κ1) is 13.7. The topological polar surface area (TPSA) is 26.0 Å². The molecule has 0 saturated carbocycles. The third-order valence-corrected chi connectivity index (χ3v) is 6.12. The molecule has 0 amide bonds.